The number of aliphatic hydroxyl groups excluding tert-OH is 1. The van der Waals surface area contributed by atoms with Crippen LogP contribution in [0.1, 0.15) is 29.3 Å². The third-order valence-corrected chi connectivity index (χ3v) is 7.19. The second kappa shape index (κ2) is 13.7. The highest BCUT2D eigenvalue weighted by molar-refractivity contribution is 5.65. The number of fused-ring (bicyclic) bond motifs is 1. The standard InChI is InChI=1S/C33H36N4O5/c1-33(39,29-18-17-27-32(34)35-23-36-37(27)29)31(42-21-26-15-9-4-10-16-26)30(41-20-25-13-7-3-8-14-25)28(38)22-40-19-24-11-5-2-6-12-24/h2-18,23,28,30-31,38-39H,19-22H2,1H3,(H2,34,35,36)/t28-,30-,31-,33-/m1/s1. The molecule has 0 aliphatic heterocycles. The molecule has 0 aliphatic carbocycles. The van der Waals surface area contributed by atoms with Crippen molar-refractivity contribution in [2.75, 3.05) is 12.3 Å². The van der Waals surface area contributed by atoms with Crippen molar-refractivity contribution < 1.29 is 24.4 Å². The minimum Gasteiger partial charge on any atom is -0.388 e. The van der Waals surface area contributed by atoms with Gasteiger partial charge in [0.25, 0.3) is 0 Å². The number of benzene rings is 3. The van der Waals surface area contributed by atoms with Crippen molar-refractivity contribution >= 4 is 11.3 Å². The normalized spacial score (nSPS) is 15.2. The first kappa shape index (κ1) is 29.4. The second-order valence-electron chi connectivity index (χ2n) is 10.4. The maximum atomic E-state index is 12.2. The zero-order valence-corrected chi connectivity index (χ0v) is 23.5. The predicted octanol–water partition coefficient (Wildman–Crippen LogP) is 4.27. The highest BCUT2D eigenvalue weighted by atomic mass is 16.6. The number of nitrogen functional groups attached to an aromatic ring is 1. The molecule has 0 aliphatic rings. The van der Waals surface area contributed by atoms with Gasteiger partial charge in [-0.15, -0.1) is 0 Å². The van der Waals surface area contributed by atoms with E-state index >= 15 is 0 Å². The van der Waals surface area contributed by atoms with Gasteiger partial charge >= 0.3 is 0 Å². The van der Waals surface area contributed by atoms with Crippen LogP contribution in [0, 0.1) is 0 Å². The molecule has 0 radical (unpaired) electrons. The first-order valence-electron chi connectivity index (χ1n) is 13.9. The summed E-state index contributed by atoms with van der Waals surface area (Å²) in [6, 6.07) is 32.5. The monoisotopic (exact) mass is 568 g/mol. The van der Waals surface area contributed by atoms with Gasteiger partial charge in [0.2, 0.25) is 0 Å². The molecule has 0 unspecified atom stereocenters. The van der Waals surface area contributed by atoms with Crippen molar-refractivity contribution in [2.45, 2.75) is 50.7 Å². The fourth-order valence-electron chi connectivity index (χ4n) is 4.95. The van der Waals surface area contributed by atoms with Crippen molar-refractivity contribution in [1.29, 1.82) is 0 Å². The van der Waals surface area contributed by atoms with Crippen molar-refractivity contribution in [3.63, 3.8) is 0 Å². The summed E-state index contributed by atoms with van der Waals surface area (Å²) in [7, 11) is 0. The van der Waals surface area contributed by atoms with Gasteiger partial charge in [0.05, 0.1) is 32.1 Å². The van der Waals surface area contributed by atoms with Crippen LogP contribution in [0.5, 0.6) is 0 Å². The summed E-state index contributed by atoms with van der Waals surface area (Å²) in [6.07, 6.45) is -1.86. The molecule has 3 aromatic carbocycles. The Morgan fingerprint density at radius 1 is 0.786 bits per heavy atom. The van der Waals surface area contributed by atoms with E-state index in [4.69, 9.17) is 19.9 Å². The summed E-state index contributed by atoms with van der Waals surface area (Å²) in [5.74, 6) is 0.278. The van der Waals surface area contributed by atoms with E-state index in [1.807, 2.05) is 91.0 Å². The quantitative estimate of drug-likeness (QED) is 0.182. The van der Waals surface area contributed by atoms with Gasteiger partial charge in [-0.05, 0) is 35.7 Å². The van der Waals surface area contributed by atoms with Crippen LogP contribution in [-0.2, 0) is 39.6 Å². The number of rotatable bonds is 14. The van der Waals surface area contributed by atoms with E-state index in [0.29, 0.717) is 17.8 Å². The van der Waals surface area contributed by atoms with Crippen LogP contribution >= 0.6 is 0 Å². The number of hydrogen-bond donors (Lipinski definition) is 3. The molecule has 9 heteroatoms. The highest BCUT2D eigenvalue weighted by Gasteiger charge is 2.46. The lowest BCUT2D eigenvalue weighted by Crippen LogP contribution is -2.53. The lowest BCUT2D eigenvalue weighted by atomic mass is 9.88. The maximum Gasteiger partial charge on any atom is 0.151 e. The molecule has 0 spiro atoms. The molecule has 5 aromatic rings. The Labute approximate surface area is 245 Å². The number of hydrogen-bond acceptors (Lipinski definition) is 8. The molecule has 4 N–H and O–H groups in total. The summed E-state index contributed by atoms with van der Waals surface area (Å²) in [5.41, 5.74) is 8.14. The van der Waals surface area contributed by atoms with E-state index < -0.39 is 23.9 Å². The van der Waals surface area contributed by atoms with Crippen LogP contribution in [-0.4, -0.2) is 49.7 Å². The molecule has 5 rings (SSSR count). The molecular weight excluding hydrogens is 532 g/mol. The van der Waals surface area contributed by atoms with E-state index in [0.717, 1.165) is 16.7 Å². The lowest BCUT2D eigenvalue weighted by molar-refractivity contribution is -0.207. The Kier molecular flexibility index (Phi) is 9.58. The van der Waals surface area contributed by atoms with Gasteiger partial charge in [-0.2, -0.15) is 5.10 Å². The Morgan fingerprint density at radius 2 is 1.33 bits per heavy atom. The summed E-state index contributed by atoms with van der Waals surface area (Å²) >= 11 is 0. The van der Waals surface area contributed by atoms with E-state index in [-0.39, 0.29) is 25.6 Å². The number of ether oxygens (including phenoxy) is 3. The molecule has 0 amide bonds. The second-order valence-corrected chi connectivity index (χ2v) is 10.4. The van der Waals surface area contributed by atoms with Crippen molar-refractivity contribution in [1.82, 2.24) is 14.6 Å². The fraction of sp³-hybridized carbons (Fsp3) is 0.273. The Morgan fingerprint density at radius 3 is 1.93 bits per heavy atom. The molecule has 0 fully saturated rings. The molecule has 0 saturated carbocycles. The average molecular weight is 569 g/mol. The number of aromatic nitrogens is 3. The zero-order valence-electron chi connectivity index (χ0n) is 23.5. The van der Waals surface area contributed by atoms with Gasteiger partial charge < -0.3 is 30.2 Å². The van der Waals surface area contributed by atoms with Gasteiger partial charge in [0.1, 0.15) is 35.8 Å². The smallest absolute Gasteiger partial charge is 0.151 e. The van der Waals surface area contributed by atoms with E-state index in [1.54, 1.807) is 19.1 Å². The third kappa shape index (κ3) is 7.02. The fourth-order valence-corrected chi connectivity index (χ4v) is 4.95. The number of anilines is 1. The van der Waals surface area contributed by atoms with Crippen LogP contribution in [0.3, 0.4) is 0 Å². The van der Waals surface area contributed by atoms with Gasteiger partial charge in [-0.1, -0.05) is 91.0 Å². The SMILES string of the molecule is C[C@@](O)(c1ccc2c(N)ncnn12)[C@H](OCc1ccccc1)[C@H](OCc1ccccc1)[C@H](O)COCc1ccccc1. The average Bonchev–Trinajstić information content (AvgIpc) is 3.47. The van der Waals surface area contributed by atoms with Crippen molar-refractivity contribution in [3.8, 4) is 0 Å². The molecule has 4 atom stereocenters. The topological polar surface area (TPSA) is 124 Å². The molecule has 2 heterocycles. The number of nitrogens with two attached hydrogens (primary N) is 1. The lowest BCUT2D eigenvalue weighted by Gasteiger charge is -2.39. The first-order valence-corrected chi connectivity index (χ1v) is 13.9. The molecule has 42 heavy (non-hydrogen) atoms. The highest BCUT2D eigenvalue weighted by Crippen LogP contribution is 2.34. The molecule has 218 valence electrons. The summed E-state index contributed by atoms with van der Waals surface area (Å²) < 4.78 is 20.3. The third-order valence-electron chi connectivity index (χ3n) is 7.19. The van der Waals surface area contributed by atoms with E-state index in [9.17, 15) is 10.2 Å². The Bertz CT molecular complexity index is 1530. The number of nitrogens with zero attached hydrogens (tertiary/aromatic N) is 3. The van der Waals surface area contributed by atoms with Gasteiger partial charge in [0, 0.05) is 0 Å². The predicted molar refractivity (Wildman–Crippen MR) is 159 cm³/mol. The summed E-state index contributed by atoms with van der Waals surface area (Å²) in [5, 5.41) is 28.1. The van der Waals surface area contributed by atoms with Crippen LogP contribution in [0.2, 0.25) is 0 Å². The molecule has 2 aromatic heterocycles. The van der Waals surface area contributed by atoms with Crippen LogP contribution < -0.4 is 5.73 Å². The Hall–Kier alpha value is -4.12. The van der Waals surface area contributed by atoms with Gasteiger partial charge in [0.15, 0.2) is 5.82 Å². The molecule has 9 nitrogen and oxygen atoms in total. The van der Waals surface area contributed by atoms with Crippen LogP contribution in [0.4, 0.5) is 5.82 Å². The summed E-state index contributed by atoms with van der Waals surface area (Å²) in [6.45, 7) is 2.25. The molecular formula is C33H36N4O5. The van der Waals surface area contributed by atoms with Crippen molar-refractivity contribution in [2.24, 2.45) is 0 Å². The summed E-state index contributed by atoms with van der Waals surface area (Å²) in [4.78, 5) is 4.06. The number of aliphatic hydroxyl groups is 2. The van der Waals surface area contributed by atoms with Gasteiger partial charge in [-0.3, -0.25) is 0 Å². The minimum absolute atomic E-state index is 0.0420. The maximum absolute atomic E-state index is 12.2. The zero-order chi connectivity index (χ0) is 29.4. The van der Waals surface area contributed by atoms with E-state index in [2.05, 4.69) is 10.1 Å². The first-order chi connectivity index (χ1) is 20.4. The van der Waals surface area contributed by atoms with Crippen molar-refractivity contribution in [3.05, 3.63) is 132 Å². The Balaban J connectivity index is 1.47. The van der Waals surface area contributed by atoms with Crippen LogP contribution in [0.15, 0.2) is 109 Å². The minimum atomic E-state index is -1.69. The molecule has 0 saturated heterocycles. The van der Waals surface area contributed by atoms with E-state index in [1.165, 1.54) is 10.8 Å². The largest absolute Gasteiger partial charge is 0.388 e. The van der Waals surface area contributed by atoms with Crippen LogP contribution in [0.25, 0.3) is 5.52 Å². The molecule has 0 bridgehead atoms. The van der Waals surface area contributed by atoms with Gasteiger partial charge in [-0.25, -0.2) is 9.50 Å².